The minimum absolute atomic E-state index is 0.0758. The Balaban J connectivity index is 2.22. The zero-order chi connectivity index (χ0) is 15.2. The van der Waals surface area contributed by atoms with E-state index in [1.165, 1.54) is 12.1 Å². The third-order valence-corrected chi connectivity index (χ3v) is 2.85. The summed E-state index contributed by atoms with van der Waals surface area (Å²) in [5, 5.41) is 0. The molecule has 0 bridgehead atoms. The summed E-state index contributed by atoms with van der Waals surface area (Å²) in [5.41, 5.74) is 7.53. The van der Waals surface area contributed by atoms with Crippen LogP contribution in [0.25, 0.3) is 0 Å². The summed E-state index contributed by atoms with van der Waals surface area (Å²) in [6, 6.07) is 7.59. The number of alkyl halides is 2. The monoisotopic (exact) mass is 294 g/mol. The van der Waals surface area contributed by atoms with E-state index in [9.17, 15) is 8.78 Å². The molecule has 1 unspecified atom stereocenters. The fraction of sp³-hybridized carbons (Fsp3) is 0.267. The van der Waals surface area contributed by atoms with Crippen molar-refractivity contribution < 1.29 is 18.3 Å². The van der Waals surface area contributed by atoms with Gasteiger partial charge in [0.15, 0.2) is 0 Å². The highest BCUT2D eigenvalue weighted by Crippen LogP contribution is 2.25. The van der Waals surface area contributed by atoms with E-state index in [1.807, 2.05) is 6.92 Å². The highest BCUT2D eigenvalue weighted by molar-refractivity contribution is 5.37. The molecule has 0 aliphatic rings. The Morgan fingerprint density at radius 3 is 2.62 bits per heavy atom. The van der Waals surface area contributed by atoms with Crippen LogP contribution in [-0.4, -0.2) is 18.2 Å². The summed E-state index contributed by atoms with van der Waals surface area (Å²) in [5.74, 6) is 0.692. The minimum Gasteiger partial charge on any atom is -0.492 e. The lowest BCUT2D eigenvalue weighted by Gasteiger charge is -2.14. The molecule has 0 saturated carbocycles. The van der Waals surface area contributed by atoms with E-state index in [0.29, 0.717) is 17.9 Å². The van der Waals surface area contributed by atoms with E-state index in [-0.39, 0.29) is 5.75 Å². The van der Waals surface area contributed by atoms with E-state index in [1.54, 1.807) is 30.6 Å². The maximum atomic E-state index is 12.2. The molecule has 1 heterocycles. The maximum absolute atomic E-state index is 12.2. The number of hydrogen-bond donors (Lipinski definition) is 1. The molecule has 6 heteroatoms. The fourth-order valence-electron chi connectivity index (χ4n) is 1.93. The molecule has 1 atom stereocenters. The SMILES string of the molecule is CCOc1cncc(C(N)c2cccc(OC(F)F)c2)c1. The molecule has 0 radical (unpaired) electrons. The topological polar surface area (TPSA) is 57.4 Å². The van der Waals surface area contributed by atoms with Crippen LogP contribution in [0.4, 0.5) is 8.78 Å². The summed E-state index contributed by atoms with van der Waals surface area (Å²) in [6.45, 7) is -0.463. The van der Waals surface area contributed by atoms with Gasteiger partial charge in [-0.1, -0.05) is 12.1 Å². The van der Waals surface area contributed by atoms with Gasteiger partial charge < -0.3 is 15.2 Å². The quantitative estimate of drug-likeness (QED) is 0.889. The molecule has 0 aliphatic carbocycles. The molecule has 0 fully saturated rings. The normalized spacial score (nSPS) is 12.2. The first-order valence-corrected chi connectivity index (χ1v) is 6.48. The van der Waals surface area contributed by atoms with Crippen LogP contribution in [0.1, 0.15) is 24.1 Å². The smallest absolute Gasteiger partial charge is 0.387 e. The third kappa shape index (κ3) is 4.13. The molecular weight excluding hydrogens is 278 g/mol. The number of pyridine rings is 1. The van der Waals surface area contributed by atoms with Gasteiger partial charge in [-0.05, 0) is 36.2 Å². The van der Waals surface area contributed by atoms with Crippen LogP contribution in [0.2, 0.25) is 0 Å². The minimum atomic E-state index is -2.86. The molecule has 2 aromatic rings. The molecule has 21 heavy (non-hydrogen) atoms. The van der Waals surface area contributed by atoms with Crippen molar-refractivity contribution in [2.75, 3.05) is 6.61 Å². The summed E-state index contributed by atoms with van der Waals surface area (Å²) in [6.07, 6.45) is 3.21. The lowest BCUT2D eigenvalue weighted by molar-refractivity contribution is -0.0498. The summed E-state index contributed by atoms with van der Waals surface area (Å²) >= 11 is 0. The number of rotatable bonds is 6. The number of aromatic nitrogens is 1. The zero-order valence-electron chi connectivity index (χ0n) is 11.5. The van der Waals surface area contributed by atoms with Gasteiger partial charge in [0.2, 0.25) is 0 Å². The molecular formula is C15H16F2N2O2. The Labute approximate surface area is 121 Å². The number of hydrogen-bond acceptors (Lipinski definition) is 4. The zero-order valence-corrected chi connectivity index (χ0v) is 11.5. The Hall–Kier alpha value is -2.21. The molecule has 0 amide bonds. The average Bonchev–Trinajstić information content (AvgIpc) is 2.47. The molecule has 2 N–H and O–H groups in total. The average molecular weight is 294 g/mol. The molecule has 0 saturated heterocycles. The second-order valence-corrected chi connectivity index (χ2v) is 4.32. The van der Waals surface area contributed by atoms with Gasteiger partial charge in [0.1, 0.15) is 11.5 Å². The highest BCUT2D eigenvalue weighted by Gasteiger charge is 2.12. The van der Waals surface area contributed by atoms with Crippen LogP contribution in [0.15, 0.2) is 42.7 Å². The van der Waals surface area contributed by atoms with E-state index >= 15 is 0 Å². The van der Waals surface area contributed by atoms with Gasteiger partial charge in [-0.2, -0.15) is 8.78 Å². The van der Waals surface area contributed by atoms with Gasteiger partial charge in [-0.3, -0.25) is 4.98 Å². The molecule has 112 valence electrons. The van der Waals surface area contributed by atoms with Crippen molar-refractivity contribution in [3.05, 3.63) is 53.9 Å². The third-order valence-electron chi connectivity index (χ3n) is 2.85. The number of benzene rings is 1. The predicted molar refractivity (Wildman–Crippen MR) is 74.5 cm³/mol. The van der Waals surface area contributed by atoms with E-state index in [0.717, 1.165) is 5.56 Å². The number of ether oxygens (including phenoxy) is 2. The summed E-state index contributed by atoms with van der Waals surface area (Å²) in [4.78, 5) is 4.06. The Kier molecular flexibility index (Phi) is 5.05. The highest BCUT2D eigenvalue weighted by atomic mass is 19.3. The van der Waals surface area contributed by atoms with Crippen molar-refractivity contribution in [2.45, 2.75) is 19.6 Å². The van der Waals surface area contributed by atoms with Gasteiger partial charge in [0.05, 0.1) is 18.8 Å². The second-order valence-electron chi connectivity index (χ2n) is 4.32. The standard InChI is InChI=1S/C15H16F2N2O2/c1-2-20-13-7-11(8-19-9-13)14(18)10-4-3-5-12(6-10)21-15(16)17/h3-9,14-15H,2,18H2,1H3. The van der Waals surface area contributed by atoms with E-state index in [4.69, 9.17) is 10.5 Å². The molecule has 0 aliphatic heterocycles. The molecule has 1 aromatic heterocycles. The van der Waals surface area contributed by atoms with Gasteiger partial charge in [0, 0.05) is 6.20 Å². The molecule has 2 rings (SSSR count). The summed E-state index contributed by atoms with van der Waals surface area (Å²) < 4.78 is 34.2. The van der Waals surface area contributed by atoms with Crippen molar-refractivity contribution in [3.8, 4) is 11.5 Å². The Bertz CT molecular complexity index is 593. The van der Waals surface area contributed by atoms with Crippen LogP contribution >= 0.6 is 0 Å². The Morgan fingerprint density at radius 1 is 1.14 bits per heavy atom. The first-order chi connectivity index (χ1) is 10.1. The van der Waals surface area contributed by atoms with Crippen molar-refractivity contribution in [1.29, 1.82) is 0 Å². The van der Waals surface area contributed by atoms with Gasteiger partial charge in [-0.25, -0.2) is 0 Å². The number of nitrogens with zero attached hydrogens (tertiary/aromatic N) is 1. The van der Waals surface area contributed by atoms with Crippen molar-refractivity contribution in [1.82, 2.24) is 4.98 Å². The van der Waals surface area contributed by atoms with Crippen molar-refractivity contribution in [2.24, 2.45) is 5.73 Å². The molecule has 0 spiro atoms. The van der Waals surface area contributed by atoms with Crippen LogP contribution in [0, 0.1) is 0 Å². The lowest BCUT2D eigenvalue weighted by atomic mass is 10.0. The second kappa shape index (κ2) is 6.99. The van der Waals surface area contributed by atoms with Crippen molar-refractivity contribution in [3.63, 3.8) is 0 Å². The molecule has 1 aromatic carbocycles. The Morgan fingerprint density at radius 2 is 1.90 bits per heavy atom. The van der Waals surface area contributed by atoms with E-state index < -0.39 is 12.7 Å². The van der Waals surface area contributed by atoms with Gasteiger partial charge in [0.25, 0.3) is 0 Å². The van der Waals surface area contributed by atoms with Crippen LogP contribution in [0.3, 0.4) is 0 Å². The largest absolute Gasteiger partial charge is 0.492 e. The van der Waals surface area contributed by atoms with Crippen LogP contribution < -0.4 is 15.2 Å². The van der Waals surface area contributed by atoms with Gasteiger partial charge >= 0.3 is 6.61 Å². The summed E-state index contributed by atoms with van der Waals surface area (Å²) in [7, 11) is 0. The first kappa shape index (κ1) is 15.2. The molecule has 4 nitrogen and oxygen atoms in total. The number of nitrogens with two attached hydrogens (primary N) is 1. The van der Waals surface area contributed by atoms with Gasteiger partial charge in [-0.15, -0.1) is 0 Å². The van der Waals surface area contributed by atoms with Crippen LogP contribution in [0.5, 0.6) is 11.5 Å². The van der Waals surface area contributed by atoms with Crippen LogP contribution in [-0.2, 0) is 0 Å². The first-order valence-electron chi connectivity index (χ1n) is 6.48. The predicted octanol–water partition coefficient (Wildman–Crippen LogP) is 3.13. The van der Waals surface area contributed by atoms with E-state index in [2.05, 4.69) is 9.72 Å². The van der Waals surface area contributed by atoms with Crippen molar-refractivity contribution >= 4 is 0 Å². The number of halogens is 2. The maximum Gasteiger partial charge on any atom is 0.387 e. The lowest BCUT2D eigenvalue weighted by Crippen LogP contribution is -2.13. The fourth-order valence-corrected chi connectivity index (χ4v) is 1.93.